The highest BCUT2D eigenvalue weighted by Crippen LogP contribution is 2.24. The van der Waals surface area contributed by atoms with Crippen molar-refractivity contribution in [2.75, 3.05) is 0 Å². The lowest BCUT2D eigenvalue weighted by molar-refractivity contribution is 0.497. The average Bonchev–Trinajstić information content (AvgIpc) is 2.95. The van der Waals surface area contributed by atoms with Crippen molar-refractivity contribution < 1.29 is 0 Å². The predicted molar refractivity (Wildman–Crippen MR) is 82.8 cm³/mol. The summed E-state index contributed by atoms with van der Waals surface area (Å²) in [6.07, 6.45) is 3.70. The van der Waals surface area contributed by atoms with E-state index in [0.29, 0.717) is 5.92 Å². The first-order valence-electron chi connectivity index (χ1n) is 6.94. The normalized spacial score (nSPS) is 13.0. The van der Waals surface area contributed by atoms with Gasteiger partial charge in [0.15, 0.2) is 0 Å². The van der Waals surface area contributed by atoms with E-state index in [0.717, 1.165) is 11.4 Å². The molecule has 20 heavy (non-hydrogen) atoms. The second-order valence-corrected chi connectivity index (χ2v) is 5.49. The van der Waals surface area contributed by atoms with E-state index in [1.54, 1.807) is 0 Å². The van der Waals surface area contributed by atoms with Gasteiger partial charge in [0.1, 0.15) is 0 Å². The molecule has 0 saturated carbocycles. The third-order valence-corrected chi connectivity index (χ3v) is 3.74. The summed E-state index contributed by atoms with van der Waals surface area (Å²) >= 11 is 0. The minimum atomic E-state index is -0.0102. The van der Waals surface area contributed by atoms with Gasteiger partial charge in [-0.05, 0) is 28.8 Å². The van der Waals surface area contributed by atoms with E-state index >= 15 is 0 Å². The first-order valence-corrected chi connectivity index (χ1v) is 6.94. The van der Waals surface area contributed by atoms with Gasteiger partial charge in [-0.1, -0.05) is 44.2 Å². The van der Waals surface area contributed by atoms with E-state index in [-0.39, 0.29) is 6.04 Å². The molecule has 0 aliphatic carbocycles. The number of hydrogen-bond acceptors (Lipinski definition) is 2. The van der Waals surface area contributed by atoms with Crippen LogP contribution in [0.1, 0.15) is 25.6 Å². The molecule has 3 aromatic rings. The van der Waals surface area contributed by atoms with Crippen molar-refractivity contribution in [1.82, 2.24) is 9.55 Å². The van der Waals surface area contributed by atoms with Crippen LogP contribution in [0.25, 0.3) is 16.5 Å². The molecule has 1 aromatic heterocycles. The van der Waals surface area contributed by atoms with E-state index in [2.05, 4.69) is 65.9 Å². The summed E-state index contributed by atoms with van der Waals surface area (Å²) in [4.78, 5) is 4.27. The summed E-state index contributed by atoms with van der Waals surface area (Å²) in [6.45, 7) is 4.25. The third kappa shape index (κ3) is 2.21. The van der Waals surface area contributed by atoms with Gasteiger partial charge in [0, 0.05) is 11.7 Å². The van der Waals surface area contributed by atoms with Crippen molar-refractivity contribution in [3.05, 3.63) is 60.7 Å². The standard InChI is InChI=1S/C17H19N3/c1-12(2)17(18)16-10-19-11-20(16)15-8-7-13-5-3-4-6-14(13)9-15/h3-12,17H,18H2,1-2H3. The SMILES string of the molecule is CC(C)C(N)c1cncn1-c1ccc2ccccc2c1. The highest BCUT2D eigenvalue weighted by atomic mass is 15.1. The maximum atomic E-state index is 6.27. The molecule has 3 rings (SSSR count). The fourth-order valence-electron chi connectivity index (χ4n) is 2.44. The van der Waals surface area contributed by atoms with Gasteiger partial charge < -0.3 is 10.3 Å². The molecule has 0 radical (unpaired) electrons. The van der Waals surface area contributed by atoms with Gasteiger partial charge in [-0.2, -0.15) is 0 Å². The summed E-state index contributed by atoms with van der Waals surface area (Å²) in [6, 6.07) is 14.8. The van der Waals surface area contributed by atoms with Gasteiger partial charge in [0.2, 0.25) is 0 Å². The van der Waals surface area contributed by atoms with Crippen molar-refractivity contribution in [3.63, 3.8) is 0 Å². The van der Waals surface area contributed by atoms with E-state index in [4.69, 9.17) is 5.73 Å². The van der Waals surface area contributed by atoms with E-state index in [1.165, 1.54) is 10.8 Å². The zero-order chi connectivity index (χ0) is 14.1. The monoisotopic (exact) mass is 265 g/mol. The molecule has 1 unspecified atom stereocenters. The van der Waals surface area contributed by atoms with E-state index in [9.17, 15) is 0 Å². The fraction of sp³-hybridized carbons (Fsp3) is 0.235. The Bertz CT molecular complexity index is 728. The molecule has 0 saturated heterocycles. The number of imidazole rings is 1. The van der Waals surface area contributed by atoms with Crippen LogP contribution in [-0.2, 0) is 0 Å². The summed E-state index contributed by atoms with van der Waals surface area (Å²) in [5.41, 5.74) is 8.43. The van der Waals surface area contributed by atoms with Crippen LogP contribution in [-0.4, -0.2) is 9.55 Å². The van der Waals surface area contributed by atoms with Gasteiger partial charge in [0.25, 0.3) is 0 Å². The maximum Gasteiger partial charge on any atom is 0.0994 e. The molecule has 0 spiro atoms. The Hall–Kier alpha value is -2.13. The van der Waals surface area contributed by atoms with E-state index < -0.39 is 0 Å². The molecule has 3 heteroatoms. The minimum Gasteiger partial charge on any atom is -0.322 e. The van der Waals surface area contributed by atoms with Crippen molar-refractivity contribution in [2.24, 2.45) is 11.7 Å². The molecular weight excluding hydrogens is 246 g/mol. The fourth-order valence-corrected chi connectivity index (χ4v) is 2.44. The summed E-state index contributed by atoms with van der Waals surface area (Å²) in [5, 5.41) is 2.47. The molecule has 2 aromatic carbocycles. The zero-order valence-corrected chi connectivity index (χ0v) is 11.8. The number of rotatable bonds is 3. The van der Waals surface area contributed by atoms with Gasteiger partial charge in [0.05, 0.1) is 18.2 Å². The van der Waals surface area contributed by atoms with Crippen LogP contribution in [0, 0.1) is 5.92 Å². The number of nitrogens with two attached hydrogens (primary N) is 1. The molecule has 0 bridgehead atoms. The summed E-state index contributed by atoms with van der Waals surface area (Å²) in [5.74, 6) is 0.380. The van der Waals surface area contributed by atoms with Crippen LogP contribution in [0.2, 0.25) is 0 Å². The number of fused-ring (bicyclic) bond motifs is 1. The highest BCUT2D eigenvalue weighted by molar-refractivity contribution is 5.84. The molecule has 2 N–H and O–H groups in total. The van der Waals surface area contributed by atoms with Crippen LogP contribution >= 0.6 is 0 Å². The Kier molecular flexibility index (Phi) is 3.28. The van der Waals surface area contributed by atoms with Crippen LogP contribution in [0.4, 0.5) is 0 Å². The third-order valence-electron chi connectivity index (χ3n) is 3.74. The maximum absolute atomic E-state index is 6.27. The highest BCUT2D eigenvalue weighted by Gasteiger charge is 2.16. The smallest absolute Gasteiger partial charge is 0.0994 e. The summed E-state index contributed by atoms with van der Waals surface area (Å²) < 4.78 is 2.08. The lowest BCUT2D eigenvalue weighted by Crippen LogP contribution is -2.19. The molecule has 0 amide bonds. The van der Waals surface area contributed by atoms with Crippen molar-refractivity contribution in [2.45, 2.75) is 19.9 Å². The van der Waals surface area contributed by atoms with E-state index in [1.807, 2.05) is 12.5 Å². The second-order valence-electron chi connectivity index (χ2n) is 5.49. The first-order chi connectivity index (χ1) is 9.66. The largest absolute Gasteiger partial charge is 0.322 e. The Morgan fingerprint density at radius 2 is 1.80 bits per heavy atom. The number of nitrogens with zero attached hydrogens (tertiary/aromatic N) is 2. The molecular formula is C17H19N3. The lowest BCUT2D eigenvalue weighted by atomic mass is 10.0. The molecule has 0 aliphatic rings. The lowest BCUT2D eigenvalue weighted by Gasteiger charge is -2.18. The molecule has 102 valence electrons. The van der Waals surface area contributed by atoms with Crippen LogP contribution in [0.3, 0.4) is 0 Å². The Morgan fingerprint density at radius 3 is 2.55 bits per heavy atom. The van der Waals surface area contributed by atoms with Crippen LogP contribution < -0.4 is 5.73 Å². The Morgan fingerprint density at radius 1 is 1.05 bits per heavy atom. The number of hydrogen-bond donors (Lipinski definition) is 1. The van der Waals surface area contributed by atoms with Gasteiger partial charge in [-0.15, -0.1) is 0 Å². The predicted octanol–water partition coefficient (Wildman–Crippen LogP) is 3.68. The zero-order valence-electron chi connectivity index (χ0n) is 11.8. The topological polar surface area (TPSA) is 43.8 Å². The molecule has 3 nitrogen and oxygen atoms in total. The average molecular weight is 265 g/mol. The van der Waals surface area contributed by atoms with Crippen molar-refractivity contribution in [1.29, 1.82) is 0 Å². The Balaban J connectivity index is 2.09. The van der Waals surface area contributed by atoms with Gasteiger partial charge in [-0.25, -0.2) is 4.98 Å². The quantitative estimate of drug-likeness (QED) is 0.785. The number of benzene rings is 2. The molecule has 1 heterocycles. The van der Waals surface area contributed by atoms with Gasteiger partial charge >= 0.3 is 0 Å². The van der Waals surface area contributed by atoms with Gasteiger partial charge in [-0.3, -0.25) is 0 Å². The molecule has 0 aliphatic heterocycles. The molecule has 0 fully saturated rings. The van der Waals surface area contributed by atoms with Crippen LogP contribution in [0.5, 0.6) is 0 Å². The first kappa shape index (κ1) is 12.9. The minimum absolute atomic E-state index is 0.0102. The van der Waals surface area contributed by atoms with Crippen LogP contribution in [0.15, 0.2) is 55.0 Å². The number of aromatic nitrogens is 2. The summed E-state index contributed by atoms with van der Waals surface area (Å²) in [7, 11) is 0. The second kappa shape index (κ2) is 5.10. The van der Waals surface area contributed by atoms with Crippen molar-refractivity contribution in [3.8, 4) is 5.69 Å². The molecule has 1 atom stereocenters. The Labute approximate surface area is 119 Å². The van der Waals surface area contributed by atoms with Crippen molar-refractivity contribution >= 4 is 10.8 Å².